The van der Waals surface area contributed by atoms with E-state index in [4.69, 9.17) is 35.4 Å². The van der Waals surface area contributed by atoms with Crippen molar-refractivity contribution in [2.75, 3.05) is 4.90 Å². The third-order valence-electron chi connectivity index (χ3n) is 3.92. The smallest absolute Gasteiger partial charge is 0.270 e. The summed E-state index contributed by atoms with van der Waals surface area (Å²) >= 11 is 17.4. The molecule has 2 aromatic rings. The lowest BCUT2D eigenvalue weighted by Crippen LogP contribution is -2.54. The van der Waals surface area contributed by atoms with E-state index in [0.717, 1.165) is 5.56 Å². The average Bonchev–Trinajstić information content (AvgIpc) is 3.04. The van der Waals surface area contributed by atoms with E-state index in [9.17, 15) is 9.59 Å². The van der Waals surface area contributed by atoms with E-state index in [1.165, 1.54) is 11.0 Å². The number of anilines is 1. The van der Waals surface area contributed by atoms with Crippen molar-refractivity contribution in [2.24, 2.45) is 0 Å². The normalized spacial score (nSPS) is 16.6. The van der Waals surface area contributed by atoms with E-state index in [2.05, 4.69) is 5.32 Å². The third kappa shape index (κ3) is 3.40. The van der Waals surface area contributed by atoms with Gasteiger partial charge in [-0.1, -0.05) is 29.3 Å². The van der Waals surface area contributed by atoms with Crippen molar-refractivity contribution in [1.82, 2.24) is 9.88 Å². The molecule has 0 saturated carbocycles. The van der Waals surface area contributed by atoms with Gasteiger partial charge in [0.05, 0.1) is 15.7 Å². The van der Waals surface area contributed by atoms with Gasteiger partial charge in [0.25, 0.3) is 11.8 Å². The van der Waals surface area contributed by atoms with Gasteiger partial charge in [0.1, 0.15) is 5.57 Å². The molecule has 1 aromatic carbocycles. The fraction of sp³-hybridized carbons (Fsp3) is 0.167. The minimum atomic E-state index is -0.555. The first-order valence-electron chi connectivity index (χ1n) is 7.82. The topological polar surface area (TPSA) is 54.3 Å². The molecule has 0 unspecified atom stereocenters. The lowest BCUT2D eigenvalue weighted by molar-refractivity contribution is -0.122. The van der Waals surface area contributed by atoms with Crippen molar-refractivity contribution in [3.05, 3.63) is 57.8 Å². The van der Waals surface area contributed by atoms with Gasteiger partial charge in [0.15, 0.2) is 5.11 Å². The Balaban J connectivity index is 2.02. The van der Waals surface area contributed by atoms with Crippen molar-refractivity contribution in [3.8, 4) is 0 Å². The molecule has 1 N–H and O–H groups in total. The standard InChI is InChI=1S/C18H15Cl2N3O2S/c1-10(2)22-7-6-11(9-22)8-12-16(24)21-18(26)23(17(12)25)14-5-3-4-13(19)15(14)20/h3-10H,1-2H3,(H,21,24,26)/b12-8-. The Labute approximate surface area is 166 Å². The predicted octanol–water partition coefficient (Wildman–Crippen LogP) is 4.21. The van der Waals surface area contributed by atoms with Crippen LogP contribution >= 0.6 is 35.4 Å². The predicted molar refractivity (Wildman–Crippen MR) is 107 cm³/mol. The van der Waals surface area contributed by atoms with Crippen molar-refractivity contribution < 1.29 is 9.59 Å². The SMILES string of the molecule is CC(C)n1ccc(/C=C2/C(=O)NC(=S)N(c3cccc(Cl)c3Cl)C2=O)c1. The van der Waals surface area contributed by atoms with Crippen LogP contribution in [-0.4, -0.2) is 21.5 Å². The van der Waals surface area contributed by atoms with Crippen molar-refractivity contribution in [1.29, 1.82) is 0 Å². The highest BCUT2D eigenvalue weighted by Crippen LogP contribution is 2.34. The first-order chi connectivity index (χ1) is 12.3. The Bertz CT molecular complexity index is 950. The van der Waals surface area contributed by atoms with Gasteiger partial charge < -0.3 is 4.57 Å². The van der Waals surface area contributed by atoms with Crippen LogP contribution in [0.3, 0.4) is 0 Å². The van der Waals surface area contributed by atoms with Gasteiger partial charge in [-0.25, -0.2) is 0 Å². The molecular weight excluding hydrogens is 393 g/mol. The van der Waals surface area contributed by atoms with E-state index in [1.807, 2.05) is 36.9 Å². The number of hydrogen-bond acceptors (Lipinski definition) is 3. The molecule has 0 bridgehead atoms. The minimum Gasteiger partial charge on any atom is -0.351 e. The number of nitrogens with one attached hydrogen (secondary N) is 1. The number of carbonyl (C=O) groups is 2. The maximum atomic E-state index is 13.0. The molecule has 1 fully saturated rings. The second kappa shape index (κ2) is 7.23. The molecule has 2 heterocycles. The lowest BCUT2D eigenvalue weighted by Gasteiger charge is -2.29. The summed E-state index contributed by atoms with van der Waals surface area (Å²) in [6.45, 7) is 4.08. The van der Waals surface area contributed by atoms with E-state index < -0.39 is 11.8 Å². The average molecular weight is 408 g/mol. The van der Waals surface area contributed by atoms with Gasteiger partial charge in [-0.15, -0.1) is 0 Å². The summed E-state index contributed by atoms with van der Waals surface area (Å²) in [5, 5.41) is 2.96. The summed E-state index contributed by atoms with van der Waals surface area (Å²) < 4.78 is 1.98. The second-order valence-corrected chi connectivity index (χ2v) is 7.19. The molecule has 0 radical (unpaired) electrons. The fourth-order valence-corrected chi connectivity index (χ4v) is 3.20. The number of benzene rings is 1. The lowest BCUT2D eigenvalue weighted by atomic mass is 10.1. The van der Waals surface area contributed by atoms with Crippen LogP contribution in [0.5, 0.6) is 0 Å². The van der Waals surface area contributed by atoms with Crippen molar-refractivity contribution in [3.63, 3.8) is 0 Å². The van der Waals surface area contributed by atoms with Crippen LogP contribution in [0, 0.1) is 0 Å². The van der Waals surface area contributed by atoms with E-state index in [1.54, 1.807) is 18.2 Å². The van der Waals surface area contributed by atoms with Gasteiger partial charge in [0, 0.05) is 18.4 Å². The zero-order valence-electron chi connectivity index (χ0n) is 14.0. The molecule has 1 aliphatic heterocycles. The van der Waals surface area contributed by atoms with Crippen LogP contribution in [0.15, 0.2) is 42.2 Å². The molecule has 3 rings (SSSR count). The Morgan fingerprint density at radius 2 is 1.92 bits per heavy atom. The minimum absolute atomic E-state index is 0.0313. The molecule has 1 saturated heterocycles. The molecule has 8 heteroatoms. The number of thiocarbonyl (C=S) groups is 1. The maximum Gasteiger partial charge on any atom is 0.270 e. The molecule has 0 atom stereocenters. The van der Waals surface area contributed by atoms with Gasteiger partial charge in [0.2, 0.25) is 0 Å². The fourth-order valence-electron chi connectivity index (χ4n) is 2.54. The quantitative estimate of drug-likeness (QED) is 0.470. The van der Waals surface area contributed by atoms with E-state index >= 15 is 0 Å². The number of amides is 2. The second-order valence-electron chi connectivity index (χ2n) is 6.02. The Morgan fingerprint density at radius 1 is 1.19 bits per heavy atom. The zero-order chi connectivity index (χ0) is 19.0. The highest BCUT2D eigenvalue weighted by Gasteiger charge is 2.35. The molecule has 1 aliphatic rings. The highest BCUT2D eigenvalue weighted by atomic mass is 35.5. The number of rotatable bonds is 3. The summed E-state index contributed by atoms with van der Waals surface area (Å²) in [4.78, 5) is 26.4. The summed E-state index contributed by atoms with van der Waals surface area (Å²) in [7, 11) is 0. The van der Waals surface area contributed by atoms with Crippen molar-refractivity contribution in [2.45, 2.75) is 19.9 Å². The van der Waals surface area contributed by atoms with E-state index in [-0.39, 0.29) is 26.8 Å². The number of hydrogen-bond donors (Lipinski definition) is 1. The first kappa shape index (κ1) is 18.6. The largest absolute Gasteiger partial charge is 0.351 e. The Morgan fingerprint density at radius 3 is 2.58 bits per heavy atom. The monoisotopic (exact) mass is 407 g/mol. The van der Waals surface area contributed by atoms with Crippen LogP contribution in [-0.2, 0) is 9.59 Å². The molecule has 2 amide bonds. The molecule has 26 heavy (non-hydrogen) atoms. The van der Waals surface area contributed by atoms with Crippen molar-refractivity contribution >= 4 is 64.1 Å². The Kier molecular flexibility index (Phi) is 5.18. The van der Waals surface area contributed by atoms with Gasteiger partial charge in [-0.3, -0.25) is 19.8 Å². The molecular formula is C18H15Cl2N3O2S. The molecule has 0 aliphatic carbocycles. The number of carbonyl (C=O) groups excluding carboxylic acids is 2. The third-order valence-corrected chi connectivity index (χ3v) is 5.01. The van der Waals surface area contributed by atoms with Crippen LogP contribution in [0.25, 0.3) is 6.08 Å². The maximum absolute atomic E-state index is 13.0. The highest BCUT2D eigenvalue weighted by molar-refractivity contribution is 7.80. The van der Waals surface area contributed by atoms with Gasteiger partial charge in [-0.05, 0) is 55.9 Å². The summed E-state index contributed by atoms with van der Waals surface area (Å²) in [5.41, 5.74) is 1.03. The zero-order valence-corrected chi connectivity index (χ0v) is 16.3. The summed E-state index contributed by atoms with van der Waals surface area (Å²) in [6, 6.07) is 6.98. The Hall–Kier alpha value is -2.15. The molecule has 1 aromatic heterocycles. The molecule has 5 nitrogen and oxygen atoms in total. The van der Waals surface area contributed by atoms with Crippen LogP contribution in [0.2, 0.25) is 10.0 Å². The first-order valence-corrected chi connectivity index (χ1v) is 8.99. The van der Waals surface area contributed by atoms with Crippen LogP contribution in [0.1, 0.15) is 25.5 Å². The van der Waals surface area contributed by atoms with E-state index in [0.29, 0.717) is 5.69 Å². The number of halogens is 2. The van der Waals surface area contributed by atoms with Crippen LogP contribution in [0.4, 0.5) is 5.69 Å². The van der Waals surface area contributed by atoms with Gasteiger partial charge >= 0.3 is 0 Å². The number of nitrogens with zero attached hydrogens (tertiary/aromatic N) is 2. The number of aromatic nitrogens is 1. The summed E-state index contributed by atoms with van der Waals surface area (Å²) in [6.07, 6.45) is 5.28. The van der Waals surface area contributed by atoms with Crippen LogP contribution < -0.4 is 10.2 Å². The summed E-state index contributed by atoms with van der Waals surface area (Å²) in [5.74, 6) is -1.10. The molecule has 134 valence electrons. The molecule has 0 spiro atoms. The van der Waals surface area contributed by atoms with Gasteiger partial charge in [-0.2, -0.15) is 0 Å².